The first-order chi connectivity index (χ1) is 10.3. The molecule has 0 N–H and O–H groups in total. The number of methoxy groups -OCH3 is 1. The molecule has 4 heteroatoms. The Morgan fingerprint density at radius 3 is 2.59 bits per heavy atom. The molecule has 0 saturated heterocycles. The Morgan fingerprint density at radius 2 is 1.95 bits per heavy atom. The van der Waals surface area contributed by atoms with E-state index in [-0.39, 0.29) is 11.6 Å². The average molecular weight is 301 g/mol. The van der Waals surface area contributed by atoms with Gasteiger partial charge in [0.25, 0.3) is 0 Å². The van der Waals surface area contributed by atoms with E-state index in [9.17, 15) is 4.79 Å². The van der Waals surface area contributed by atoms with Gasteiger partial charge >= 0.3 is 5.97 Å². The molecule has 0 bridgehead atoms. The predicted octanol–water partition coefficient (Wildman–Crippen LogP) is 3.83. The summed E-state index contributed by atoms with van der Waals surface area (Å²) < 4.78 is 10.6. The van der Waals surface area contributed by atoms with Crippen molar-refractivity contribution in [3.63, 3.8) is 0 Å². The molecule has 4 nitrogen and oxygen atoms in total. The molecule has 1 aromatic carbocycles. The molecule has 22 heavy (non-hydrogen) atoms. The number of hydrogen-bond acceptors (Lipinski definition) is 4. The normalized spacial score (nSPS) is 11.5. The summed E-state index contributed by atoms with van der Waals surface area (Å²) in [6, 6.07) is 7.94. The SMILES string of the molecule is COC(=O)CCc1cc(C)c2cc(OC(C)(C)C)ccc2n1. The van der Waals surface area contributed by atoms with Crippen LogP contribution in [0.5, 0.6) is 5.75 Å². The van der Waals surface area contributed by atoms with Gasteiger partial charge in [0.2, 0.25) is 0 Å². The van der Waals surface area contributed by atoms with Crippen molar-refractivity contribution in [3.8, 4) is 5.75 Å². The fraction of sp³-hybridized carbons (Fsp3) is 0.444. The molecule has 2 rings (SSSR count). The maximum Gasteiger partial charge on any atom is 0.305 e. The van der Waals surface area contributed by atoms with Crippen molar-refractivity contribution in [2.75, 3.05) is 7.11 Å². The summed E-state index contributed by atoms with van der Waals surface area (Å²) in [6.07, 6.45) is 0.934. The standard InChI is InChI=1S/C18H23NO3/c1-12-10-13(6-9-17(20)21-5)19-16-8-7-14(11-15(12)16)22-18(2,3)4/h7-8,10-11H,6,9H2,1-5H3. The molecule has 0 unspecified atom stereocenters. The molecule has 0 fully saturated rings. The zero-order chi connectivity index (χ0) is 16.3. The van der Waals surface area contributed by atoms with E-state index in [0.717, 1.165) is 27.9 Å². The summed E-state index contributed by atoms with van der Waals surface area (Å²) >= 11 is 0. The summed E-state index contributed by atoms with van der Waals surface area (Å²) in [5.41, 5.74) is 2.72. The van der Waals surface area contributed by atoms with E-state index in [4.69, 9.17) is 4.74 Å². The summed E-state index contributed by atoms with van der Waals surface area (Å²) in [7, 11) is 1.40. The predicted molar refractivity (Wildman–Crippen MR) is 87.2 cm³/mol. The van der Waals surface area contributed by atoms with E-state index in [1.165, 1.54) is 7.11 Å². The van der Waals surface area contributed by atoms with Gasteiger partial charge < -0.3 is 9.47 Å². The smallest absolute Gasteiger partial charge is 0.305 e. The minimum absolute atomic E-state index is 0.214. The molecule has 1 aromatic heterocycles. The first-order valence-electron chi connectivity index (χ1n) is 7.44. The van der Waals surface area contributed by atoms with Crippen LogP contribution in [0.2, 0.25) is 0 Å². The number of esters is 1. The lowest BCUT2D eigenvalue weighted by atomic mass is 10.1. The van der Waals surface area contributed by atoms with Crippen LogP contribution in [0, 0.1) is 6.92 Å². The van der Waals surface area contributed by atoms with Crippen molar-refractivity contribution in [1.29, 1.82) is 0 Å². The van der Waals surface area contributed by atoms with E-state index >= 15 is 0 Å². The van der Waals surface area contributed by atoms with Crippen LogP contribution in [0.15, 0.2) is 24.3 Å². The first-order valence-corrected chi connectivity index (χ1v) is 7.44. The number of carbonyl (C=O) groups is 1. The molecule has 0 aliphatic rings. The van der Waals surface area contributed by atoms with Crippen molar-refractivity contribution >= 4 is 16.9 Å². The van der Waals surface area contributed by atoms with E-state index in [1.54, 1.807) is 0 Å². The maximum atomic E-state index is 11.2. The van der Waals surface area contributed by atoms with Crippen molar-refractivity contribution < 1.29 is 14.3 Å². The second-order valence-electron chi connectivity index (χ2n) is 6.40. The Balaban J connectivity index is 2.28. The fourth-order valence-electron chi connectivity index (χ4n) is 2.32. The molecular formula is C18H23NO3. The van der Waals surface area contributed by atoms with Gasteiger partial charge in [-0.15, -0.1) is 0 Å². The summed E-state index contributed by atoms with van der Waals surface area (Å²) in [6.45, 7) is 8.13. The van der Waals surface area contributed by atoms with Gasteiger partial charge in [-0.2, -0.15) is 0 Å². The van der Waals surface area contributed by atoms with Crippen LogP contribution < -0.4 is 4.74 Å². The highest BCUT2D eigenvalue weighted by molar-refractivity contribution is 5.83. The van der Waals surface area contributed by atoms with Crippen LogP contribution in [-0.2, 0) is 16.0 Å². The van der Waals surface area contributed by atoms with Crippen LogP contribution >= 0.6 is 0 Å². The van der Waals surface area contributed by atoms with Crippen LogP contribution in [0.1, 0.15) is 38.4 Å². The summed E-state index contributed by atoms with van der Waals surface area (Å²) in [4.78, 5) is 15.9. The lowest BCUT2D eigenvalue weighted by molar-refractivity contribution is -0.140. The lowest BCUT2D eigenvalue weighted by Crippen LogP contribution is -2.22. The number of carbonyl (C=O) groups excluding carboxylic acids is 1. The Bertz CT molecular complexity index is 687. The molecule has 0 radical (unpaired) electrons. The Labute approximate surface area is 131 Å². The third-order valence-corrected chi connectivity index (χ3v) is 3.28. The highest BCUT2D eigenvalue weighted by Crippen LogP contribution is 2.26. The summed E-state index contributed by atoms with van der Waals surface area (Å²) in [5.74, 6) is 0.626. The fourth-order valence-corrected chi connectivity index (χ4v) is 2.32. The second-order valence-corrected chi connectivity index (χ2v) is 6.40. The quantitative estimate of drug-likeness (QED) is 0.805. The zero-order valence-corrected chi connectivity index (χ0v) is 13.9. The van der Waals surface area contributed by atoms with Gasteiger partial charge in [0, 0.05) is 17.5 Å². The molecule has 0 atom stereocenters. The largest absolute Gasteiger partial charge is 0.488 e. The molecule has 118 valence electrons. The van der Waals surface area contributed by atoms with Gasteiger partial charge in [-0.05, 0) is 57.5 Å². The van der Waals surface area contributed by atoms with Gasteiger partial charge in [0.05, 0.1) is 19.0 Å². The molecule has 0 spiro atoms. The number of hydrogen-bond donors (Lipinski definition) is 0. The van der Waals surface area contributed by atoms with Crippen molar-refractivity contribution in [1.82, 2.24) is 4.98 Å². The number of nitrogens with zero attached hydrogens (tertiary/aromatic N) is 1. The number of rotatable bonds is 4. The van der Waals surface area contributed by atoms with Gasteiger partial charge in [-0.25, -0.2) is 0 Å². The Morgan fingerprint density at radius 1 is 1.23 bits per heavy atom. The molecule has 0 saturated carbocycles. The zero-order valence-electron chi connectivity index (χ0n) is 13.9. The Hall–Kier alpha value is -2.10. The average Bonchev–Trinajstić information content (AvgIpc) is 2.43. The van der Waals surface area contributed by atoms with Crippen LogP contribution in [0.3, 0.4) is 0 Å². The topological polar surface area (TPSA) is 48.4 Å². The third-order valence-electron chi connectivity index (χ3n) is 3.28. The van der Waals surface area contributed by atoms with Crippen molar-refractivity contribution in [2.45, 2.75) is 46.1 Å². The minimum atomic E-state index is -0.227. The summed E-state index contributed by atoms with van der Waals surface area (Å²) in [5, 5.41) is 1.07. The van der Waals surface area contributed by atoms with E-state index in [1.807, 2.05) is 52.0 Å². The maximum absolute atomic E-state index is 11.2. The van der Waals surface area contributed by atoms with Gasteiger partial charge in [-0.3, -0.25) is 9.78 Å². The molecule has 2 aromatic rings. The molecule has 0 aliphatic heterocycles. The monoisotopic (exact) mass is 301 g/mol. The number of aromatic nitrogens is 1. The Kier molecular flexibility index (Phi) is 4.69. The number of aryl methyl sites for hydroxylation is 2. The van der Waals surface area contributed by atoms with Gasteiger partial charge in [0.1, 0.15) is 11.4 Å². The van der Waals surface area contributed by atoms with E-state index in [0.29, 0.717) is 12.8 Å². The third kappa shape index (κ3) is 4.20. The molecule has 0 amide bonds. The first kappa shape index (κ1) is 16.3. The number of ether oxygens (including phenoxy) is 2. The highest BCUT2D eigenvalue weighted by atomic mass is 16.5. The number of pyridine rings is 1. The number of fused-ring (bicyclic) bond motifs is 1. The van der Waals surface area contributed by atoms with Gasteiger partial charge in [-0.1, -0.05) is 0 Å². The number of benzene rings is 1. The second kappa shape index (κ2) is 6.34. The van der Waals surface area contributed by atoms with Crippen LogP contribution in [0.25, 0.3) is 10.9 Å². The minimum Gasteiger partial charge on any atom is -0.488 e. The van der Waals surface area contributed by atoms with Crippen LogP contribution in [-0.4, -0.2) is 23.7 Å². The van der Waals surface area contributed by atoms with E-state index in [2.05, 4.69) is 9.72 Å². The lowest BCUT2D eigenvalue weighted by Gasteiger charge is -2.21. The molecule has 1 heterocycles. The molecule has 0 aliphatic carbocycles. The van der Waals surface area contributed by atoms with Crippen molar-refractivity contribution in [3.05, 3.63) is 35.5 Å². The molecular weight excluding hydrogens is 278 g/mol. The van der Waals surface area contributed by atoms with Crippen LogP contribution in [0.4, 0.5) is 0 Å². The van der Waals surface area contributed by atoms with Crippen molar-refractivity contribution in [2.24, 2.45) is 0 Å². The van der Waals surface area contributed by atoms with E-state index < -0.39 is 0 Å². The van der Waals surface area contributed by atoms with Gasteiger partial charge in [0.15, 0.2) is 0 Å². The highest BCUT2D eigenvalue weighted by Gasteiger charge is 2.13.